The third-order valence-corrected chi connectivity index (χ3v) is 3.06. The van der Waals surface area contributed by atoms with Crippen LogP contribution >= 0.6 is 0 Å². The van der Waals surface area contributed by atoms with Crippen molar-refractivity contribution in [3.8, 4) is 0 Å². The maximum Gasteiger partial charge on any atom is 0.172 e. The summed E-state index contributed by atoms with van der Waals surface area (Å²) in [4.78, 5) is 0. The Morgan fingerprint density at radius 3 is 2.08 bits per heavy atom. The zero-order valence-electron chi connectivity index (χ0n) is 8.87. The van der Waals surface area contributed by atoms with Crippen molar-refractivity contribution < 1.29 is 4.43 Å². The van der Waals surface area contributed by atoms with Crippen LogP contribution in [0, 0.1) is 0 Å². The van der Waals surface area contributed by atoms with Crippen LogP contribution < -0.4 is 0 Å². The standard InChI is InChI=1S/C11H18OSi/c1-11(2,12-13(3)4)10-8-6-5-7-9-10/h5-9,13H,1-4H3. The topological polar surface area (TPSA) is 9.23 Å². The smallest absolute Gasteiger partial charge is 0.172 e. The molecule has 0 fully saturated rings. The molecule has 1 rings (SSSR count). The molecule has 1 nitrogen and oxygen atoms in total. The molecule has 0 aliphatic carbocycles. The molecular formula is C11H18OSi. The SMILES string of the molecule is C[SiH](C)OC(C)(C)c1ccccc1. The number of hydrogen-bond donors (Lipinski definition) is 0. The van der Waals surface area contributed by atoms with Gasteiger partial charge in [0.15, 0.2) is 9.04 Å². The van der Waals surface area contributed by atoms with Crippen LogP contribution in [0.3, 0.4) is 0 Å². The Morgan fingerprint density at radius 1 is 1.08 bits per heavy atom. The Morgan fingerprint density at radius 2 is 1.62 bits per heavy atom. The highest BCUT2D eigenvalue weighted by atomic mass is 28.3. The molecule has 0 saturated heterocycles. The van der Waals surface area contributed by atoms with E-state index in [1.165, 1.54) is 5.56 Å². The third-order valence-electron chi connectivity index (χ3n) is 2.00. The second-order valence-corrected chi connectivity index (χ2v) is 6.38. The van der Waals surface area contributed by atoms with Crippen molar-refractivity contribution in [1.82, 2.24) is 0 Å². The minimum Gasteiger partial charge on any atom is -0.412 e. The predicted octanol–water partition coefficient (Wildman–Crippen LogP) is 2.92. The van der Waals surface area contributed by atoms with Gasteiger partial charge < -0.3 is 4.43 Å². The summed E-state index contributed by atoms with van der Waals surface area (Å²) in [6.45, 7) is 8.67. The first-order valence-electron chi connectivity index (χ1n) is 4.76. The Balaban J connectivity index is 2.81. The van der Waals surface area contributed by atoms with Gasteiger partial charge in [0.1, 0.15) is 0 Å². The summed E-state index contributed by atoms with van der Waals surface area (Å²) in [6, 6.07) is 10.4. The molecule has 0 aromatic heterocycles. The molecule has 0 bridgehead atoms. The molecular weight excluding hydrogens is 176 g/mol. The van der Waals surface area contributed by atoms with Crippen LogP contribution in [0.5, 0.6) is 0 Å². The molecule has 0 spiro atoms. The monoisotopic (exact) mass is 194 g/mol. The Labute approximate surface area is 82.5 Å². The van der Waals surface area contributed by atoms with Crippen LogP contribution in [0.25, 0.3) is 0 Å². The third kappa shape index (κ3) is 2.97. The van der Waals surface area contributed by atoms with Gasteiger partial charge in [-0.05, 0) is 32.5 Å². The van der Waals surface area contributed by atoms with Crippen LogP contribution in [0.4, 0.5) is 0 Å². The highest BCUT2D eigenvalue weighted by Crippen LogP contribution is 2.24. The summed E-state index contributed by atoms with van der Waals surface area (Å²) in [6.07, 6.45) is 0. The van der Waals surface area contributed by atoms with Gasteiger partial charge in [0.05, 0.1) is 5.60 Å². The number of hydrogen-bond acceptors (Lipinski definition) is 1. The zero-order chi connectivity index (χ0) is 9.90. The Bertz CT molecular complexity index is 254. The molecule has 1 aromatic rings. The lowest BCUT2D eigenvalue weighted by molar-refractivity contribution is 0.109. The van der Waals surface area contributed by atoms with Crippen LogP contribution in [-0.4, -0.2) is 9.04 Å². The average Bonchev–Trinajstić information content (AvgIpc) is 2.04. The van der Waals surface area contributed by atoms with E-state index in [4.69, 9.17) is 4.43 Å². The van der Waals surface area contributed by atoms with Crippen molar-refractivity contribution in [2.24, 2.45) is 0 Å². The fourth-order valence-corrected chi connectivity index (χ4v) is 2.81. The van der Waals surface area contributed by atoms with Gasteiger partial charge in [0.25, 0.3) is 0 Å². The van der Waals surface area contributed by atoms with Gasteiger partial charge in [0, 0.05) is 0 Å². The summed E-state index contributed by atoms with van der Waals surface area (Å²) >= 11 is 0. The van der Waals surface area contributed by atoms with Crippen molar-refractivity contribution in [2.45, 2.75) is 32.5 Å². The molecule has 0 aliphatic heterocycles. The summed E-state index contributed by atoms with van der Waals surface area (Å²) in [7, 11) is -0.965. The van der Waals surface area contributed by atoms with E-state index < -0.39 is 9.04 Å². The first-order valence-corrected chi connectivity index (χ1v) is 7.54. The van der Waals surface area contributed by atoms with E-state index in [9.17, 15) is 0 Å². The maximum absolute atomic E-state index is 5.96. The van der Waals surface area contributed by atoms with E-state index in [1.54, 1.807) is 0 Å². The minimum atomic E-state index is -0.965. The van der Waals surface area contributed by atoms with Crippen molar-refractivity contribution >= 4 is 9.04 Å². The fourth-order valence-electron chi connectivity index (χ4n) is 1.50. The van der Waals surface area contributed by atoms with Gasteiger partial charge in [-0.1, -0.05) is 30.3 Å². The lowest BCUT2D eigenvalue weighted by atomic mass is 9.99. The largest absolute Gasteiger partial charge is 0.412 e. The number of benzene rings is 1. The van der Waals surface area contributed by atoms with E-state index >= 15 is 0 Å². The second kappa shape index (κ2) is 4.07. The van der Waals surface area contributed by atoms with Crippen molar-refractivity contribution in [3.63, 3.8) is 0 Å². The van der Waals surface area contributed by atoms with Gasteiger partial charge in [-0.2, -0.15) is 0 Å². The van der Waals surface area contributed by atoms with E-state index in [-0.39, 0.29) is 5.60 Å². The van der Waals surface area contributed by atoms with Crippen LogP contribution in [0.15, 0.2) is 30.3 Å². The molecule has 0 amide bonds. The van der Waals surface area contributed by atoms with E-state index in [1.807, 2.05) is 6.07 Å². The quantitative estimate of drug-likeness (QED) is 0.672. The Kier molecular flexibility index (Phi) is 3.28. The van der Waals surface area contributed by atoms with Crippen LogP contribution in [0.1, 0.15) is 19.4 Å². The molecule has 13 heavy (non-hydrogen) atoms. The van der Waals surface area contributed by atoms with Gasteiger partial charge in [-0.15, -0.1) is 0 Å². The molecule has 0 atom stereocenters. The van der Waals surface area contributed by atoms with E-state index in [0.29, 0.717) is 0 Å². The van der Waals surface area contributed by atoms with E-state index in [2.05, 4.69) is 51.2 Å². The maximum atomic E-state index is 5.96. The molecule has 72 valence electrons. The second-order valence-electron chi connectivity index (χ2n) is 4.04. The van der Waals surface area contributed by atoms with Gasteiger partial charge in [-0.3, -0.25) is 0 Å². The van der Waals surface area contributed by atoms with Gasteiger partial charge in [-0.25, -0.2) is 0 Å². The molecule has 0 unspecified atom stereocenters. The summed E-state index contributed by atoms with van der Waals surface area (Å²) in [5, 5.41) is 0. The molecule has 0 aliphatic rings. The summed E-state index contributed by atoms with van der Waals surface area (Å²) in [5.74, 6) is 0. The summed E-state index contributed by atoms with van der Waals surface area (Å²) in [5.41, 5.74) is 1.14. The van der Waals surface area contributed by atoms with Crippen molar-refractivity contribution in [1.29, 1.82) is 0 Å². The summed E-state index contributed by atoms with van der Waals surface area (Å²) < 4.78 is 5.96. The Hall–Kier alpha value is -0.603. The predicted molar refractivity (Wildman–Crippen MR) is 59.4 cm³/mol. The van der Waals surface area contributed by atoms with Gasteiger partial charge >= 0.3 is 0 Å². The number of rotatable bonds is 3. The lowest BCUT2D eigenvalue weighted by Gasteiger charge is -2.28. The average molecular weight is 194 g/mol. The first kappa shape index (κ1) is 10.5. The van der Waals surface area contributed by atoms with Gasteiger partial charge in [0.2, 0.25) is 0 Å². The molecule has 0 radical (unpaired) electrons. The molecule has 0 N–H and O–H groups in total. The molecule has 1 aromatic carbocycles. The molecule has 2 heteroatoms. The van der Waals surface area contributed by atoms with Crippen LogP contribution in [-0.2, 0) is 10.0 Å². The molecule has 0 heterocycles. The zero-order valence-corrected chi connectivity index (χ0v) is 10.0. The van der Waals surface area contributed by atoms with Crippen LogP contribution in [0.2, 0.25) is 13.1 Å². The lowest BCUT2D eigenvalue weighted by Crippen LogP contribution is -2.27. The minimum absolute atomic E-state index is 0.123. The highest BCUT2D eigenvalue weighted by Gasteiger charge is 2.21. The fraction of sp³-hybridized carbons (Fsp3) is 0.455. The first-order chi connectivity index (χ1) is 6.02. The van der Waals surface area contributed by atoms with Crippen molar-refractivity contribution in [3.05, 3.63) is 35.9 Å². The normalized spacial score (nSPS) is 12.1. The van der Waals surface area contributed by atoms with Crippen molar-refractivity contribution in [2.75, 3.05) is 0 Å². The van der Waals surface area contributed by atoms with E-state index in [0.717, 1.165) is 0 Å². The highest BCUT2D eigenvalue weighted by molar-refractivity contribution is 6.48. The molecule has 0 saturated carbocycles.